The van der Waals surface area contributed by atoms with Gasteiger partial charge in [-0.1, -0.05) is 0 Å². The molecule has 0 amide bonds. The Bertz CT molecular complexity index is 204. The van der Waals surface area contributed by atoms with Crippen molar-refractivity contribution < 1.29 is 8.78 Å². The molecule has 82 valence electrons. The second-order valence-electron chi connectivity index (χ2n) is 4.64. The zero-order valence-electron chi connectivity index (χ0n) is 8.60. The van der Waals surface area contributed by atoms with Gasteiger partial charge in [0.25, 0.3) is 5.92 Å². The Morgan fingerprint density at radius 3 is 2.64 bits per heavy atom. The van der Waals surface area contributed by atoms with Crippen molar-refractivity contribution in [2.45, 2.75) is 43.7 Å². The van der Waals surface area contributed by atoms with Crippen molar-refractivity contribution in [3.63, 3.8) is 0 Å². The standard InChI is InChI=1S/C10H18F2N2/c1-14(9-2-3-9)5-4-8-6-10(11,12)7-13-8/h8-9,13H,2-7H2,1H3. The summed E-state index contributed by atoms with van der Waals surface area (Å²) in [5.41, 5.74) is 0. The molecule has 0 aromatic rings. The zero-order valence-corrected chi connectivity index (χ0v) is 8.60. The molecule has 2 aliphatic rings. The molecule has 1 saturated carbocycles. The van der Waals surface area contributed by atoms with Crippen LogP contribution in [0.3, 0.4) is 0 Å². The third kappa shape index (κ3) is 2.64. The molecule has 1 aliphatic heterocycles. The number of alkyl halides is 2. The van der Waals surface area contributed by atoms with Crippen molar-refractivity contribution in [3.8, 4) is 0 Å². The molecule has 1 aliphatic carbocycles. The van der Waals surface area contributed by atoms with Crippen molar-refractivity contribution >= 4 is 0 Å². The summed E-state index contributed by atoms with van der Waals surface area (Å²) in [6, 6.07) is 0.753. The smallest absolute Gasteiger partial charge is 0.261 e. The highest BCUT2D eigenvalue weighted by molar-refractivity contribution is 4.89. The van der Waals surface area contributed by atoms with Gasteiger partial charge in [-0.15, -0.1) is 0 Å². The summed E-state index contributed by atoms with van der Waals surface area (Å²) in [4.78, 5) is 2.29. The quantitative estimate of drug-likeness (QED) is 0.746. The molecule has 1 heterocycles. The van der Waals surface area contributed by atoms with Crippen LogP contribution >= 0.6 is 0 Å². The average molecular weight is 204 g/mol. The number of nitrogens with zero attached hydrogens (tertiary/aromatic N) is 1. The highest BCUT2D eigenvalue weighted by atomic mass is 19.3. The molecule has 0 radical (unpaired) electrons. The van der Waals surface area contributed by atoms with Crippen LogP contribution in [0.2, 0.25) is 0 Å². The van der Waals surface area contributed by atoms with Gasteiger partial charge in [0.2, 0.25) is 0 Å². The van der Waals surface area contributed by atoms with Gasteiger partial charge in [-0.3, -0.25) is 0 Å². The van der Waals surface area contributed by atoms with Crippen LogP contribution in [0.1, 0.15) is 25.7 Å². The second kappa shape index (κ2) is 3.74. The van der Waals surface area contributed by atoms with Crippen LogP contribution in [-0.2, 0) is 0 Å². The van der Waals surface area contributed by atoms with Crippen LogP contribution in [0, 0.1) is 0 Å². The first-order valence-corrected chi connectivity index (χ1v) is 5.38. The fourth-order valence-electron chi connectivity index (χ4n) is 2.06. The van der Waals surface area contributed by atoms with E-state index in [1.807, 2.05) is 0 Å². The number of halogens is 2. The van der Waals surface area contributed by atoms with Gasteiger partial charge in [-0.05, 0) is 32.9 Å². The maximum absolute atomic E-state index is 12.8. The van der Waals surface area contributed by atoms with E-state index < -0.39 is 5.92 Å². The van der Waals surface area contributed by atoms with Crippen LogP contribution in [-0.4, -0.2) is 43.0 Å². The van der Waals surface area contributed by atoms with Crippen molar-refractivity contribution in [2.75, 3.05) is 20.1 Å². The summed E-state index contributed by atoms with van der Waals surface area (Å²) in [6.45, 7) is 0.809. The lowest BCUT2D eigenvalue weighted by molar-refractivity contribution is 0.0206. The summed E-state index contributed by atoms with van der Waals surface area (Å²) < 4.78 is 25.6. The topological polar surface area (TPSA) is 15.3 Å². The summed E-state index contributed by atoms with van der Waals surface area (Å²) in [5, 5.41) is 2.88. The van der Waals surface area contributed by atoms with E-state index in [0.717, 1.165) is 19.0 Å². The summed E-state index contributed by atoms with van der Waals surface area (Å²) in [7, 11) is 2.09. The van der Waals surface area contributed by atoms with Crippen LogP contribution in [0.5, 0.6) is 0 Å². The molecular weight excluding hydrogens is 186 g/mol. The minimum atomic E-state index is -2.47. The Kier molecular flexibility index (Phi) is 2.75. The minimum Gasteiger partial charge on any atom is -0.308 e. The zero-order chi connectivity index (χ0) is 10.2. The first-order valence-electron chi connectivity index (χ1n) is 5.38. The molecule has 2 fully saturated rings. The van der Waals surface area contributed by atoms with Crippen molar-refractivity contribution in [1.82, 2.24) is 10.2 Å². The Morgan fingerprint density at radius 2 is 2.14 bits per heavy atom. The van der Waals surface area contributed by atoms with E-state index in [1.54, 1.807) is 0 Å². The number of nitrogens with one attached hydrogen (secondary N) is 1. The monoisotopic (exact) mass is 204 g/mol. The summed E-state index contributed by atoms with van der Waals surface area (Å²) in [5.74, 6) is -2.47. The predicted octanol–water partition coefficient (Wildman–Crippen LogP) is 1.47. The first kappa shape index (κ1) is 10.3. The third-order valence-electron chi connectivity index (χ3n) is 3.19. The van der Waals surface area contributed by atoms with E-state index in [4.69, 9.17) is 0 Å². The van der Waals surface area contributed by atoms with Gasteiger partial charge in [0, 0.05) is 18.5 Å². The molecule has 14 heavy (non-hydrogen) atoms. The van der Waals surface area contributed by atoms with E-state index in [-0.39, 0.29) is 19.0 Å². The van der Waals surface area contributed by atoms with E-state index in [9.17, 15) is 8.78 Å². The Hall–Kier alpha value is -0.220. The Balaban J connectivity index is 1.66. The van der Waals surface area contributed by atoms with Gasteiger partial charge < -0.3 is 10.2 Å². The maximum atomic E-state index is 12.8. The van der Waals surface area contributed by atoms with Gasteiger partial charge in [-0.25, -0.2) is 8.78 Å². The fourth-order valence-corrected chi connectivity index (χ4v) is 2.06. The summed E-state index contributed by atoms with van der Waals surface area (Å²) in [6.07, 6.45) is 3.43. The number of rotatable bonds is 4. The fraction of sp³-hybridized carbons (Fsp3) is 1.00. The predicted molar refractivity (Wildman–Crippen MR) is 51.6 cm³/mol. The lowest BCUT2D eigenvalue weighted by Gasteiger charge is -2.18. The SMILES string of the molecule is CN(CCC1CC(F)(F)CN1)C1CC1. The molecule has 1 saturated heterocycles. The molecule has 1 atom stereocenters. The van der Waals surface area contributed by atoms with Crippen LogP contribution < -0.4 is 5.32 Å². The van der Waals surface area contributed by atoms with E-state index in [0.29, 0.717) is 0 Å². The van der Waals surface area contributed by atoms with Crippen molar-refractivity contribution in [2.24, 2.45) is 0 Å². The third-order valence-corrected chi connectivity index (χ3v) is 3.19. The highest BCUT2D eigenvalue weighted by Gasteiger charge is 2.39. The molecule has 4 heteroatoms. The molecular formula is C10H18F2N2. The van der Waals surface area contributed by atoms with Gasteiger partial charge in [0.05, 0.1) is 6.54 Å². The Labute approximate surface area is 83.7 Å². The van der Waals surface area contributed by atoms with Gasteiger partial charge >= 0.3 is 0 Å². The van der Waals surface area contributed by atoms with Gasteiger partial charge in [-0.2, -0.15) is 0 Å². The second-order valence-corrected chi connectivity index (χ2v) is 4.64. The van der Waals surface area contributed by atoms with Crippen molar-refractivity contribution in [1.29, 1.82) is 0 Å². The lowest BCUT2D eigenvalue weighted by Crippen LogP contribution is -2.29. The molecule has 0 aromatic carbocycles. The maximum Gasteiger partial charge on any atom is 0.261 e. The van der Waals surface area contributed by atoms with E-state index in [2.05, 4.69) is 17.3 Å². The number of hydrogen-bond acceptors (Lipinski definition) is 2. The molecule has 1 unspecified atom stereocenters. The lowest BCUT2D eigenvalue weighted by atomic mass is 10.1. The highest BCUT2D eigenvalue weighted by Crippen LogP contribution is 2.28. The first-order chi connectivity index (χ1) is 6.57. The molecule has 1 N–H and O–H groups in total. The molecule has 0 bridgehead atoms. The van der Waals surface area contributed by atoms with Gasteiger partial charge in [0.1, 0.15) is 0 Å². The average Bonchev–Trinajstić information content (AvgIpc) is 2.88. The normalized spacial score (nSPS) is 31.3. The van der Waals surface area contributed by atoms with E-state index in [1.165, 1.54) is 12.8 Å². The molecule has 0 aromatic heterocycles. The molecule has 0 spiro atoms. The van der Waals surface area contributed by atoms with Crippen molar-refractivity contribution in [3.05, 3.63) is 0 Å². The van der Waals surface area contributed by atoms with Crippen LogP contribution in [0.25, 0.3) is 0 Å². The largest absolute Gasteiger partial charge is 0.308 e. The number of hydrogen-bond donors (Lipinski definition) is 1. The van der Waals surface area contributed by atoms with E-state index >= 15 is 0 Å². The van der Waals surface area contributed by atoms with Crippen LogP contribution in [0.4, 0.5) is 8.78 Å². The Morgan fingerprint density at radius 1 is 1.43 bits per heavy atom. The van der Waals surface area contributed by atoms with Crippen LogP contribution in [0.15, 0.2) is 0 Å². The summed E-state index contributed by atoms with van der Waals surface area (Å²) >= 11 is 0. The minimum absolute atomic E-state index is 0.0194. The molecule has 2 nitrogen and oxygen atoms in total. The van der Waals surface area contributed by atoms with Gasteiger partial charge in [0.15, 0.2) is 0 Å². The molecule has 2 rings (SSSR count).